The van der Waals surface area contributed by atoms with Crippen LogP contribution >= 0.6 is 0 Å². The molecule has 0 unspecified atom stereocenters. The molecule has 0 saturated carbocycles. The molecule has 1 aliphatic rings. The van der Waals surface area contributed by atoms with Crippen LogP contribution in [0.4, 0.5) is 0 Å². The number of carbonyl (C=O) groups excluding carboxylic acids is 1. The number of rotatable bonds is 3. The third-order valence-corrected chi connectivity index (χ3v) is 3.49. The van der Waals surface area contributed by atoms with Crippen molar-refractivity contribution in [1.82, 2.24) is 14.7 Å². The summed E-state index contributed by atoms with van der Waals surface area (Å²) in [5.41, 5.74) is -0.00997. The van der Waals surface area contributed by atoms with Gasteiger partial charge in [-0.05, 0) is 35.0 Å². The van der Waals surface area contributed by atoms with Gasteiger partial charge in [-0.25, -0.2) is 0 Å². The van der Waals surface area contributed by atoms with E-state index in [1.54, 1.807) is 0 Å². The zero-order valence-corrected chi connectivity index (χ0v) is 11.3. The number of carbonyl (C=O) groups is 1. The first kappa shape index (κ1) is 13.5. The molecule has 0 atom stereocenters. The lowest BCUT2D eigenvalue weighted by atomic mass is 9.99. The first-order chi connectivity index (χ1) is 7.33. The Hall–Kier alpha value is -0.610. The van der Waals surface area contributed by atoms with Crippen molar-refractivity contribution in [3.8, 4) is 0 Å². The SMILES string of the molecule is CN(C)CCN1CCN(C)C(C)(C)CC1=O. The van der Waals surface area contributed by atoms with Crippen LogP contribution in [-0.4, -0.2) is 73.5 Å². The monoisotopic (exact) mass is 227 g/mol. The van der Waals surface area contributed by atoms with E-state index in [-0.39, 0.29) is 11.4 Å². The molecule has 0 aliphatic carbocycles. The maximum atomic E-state index is 12.1. The van der Waals surface area contributed by atoms with E-state index in [4.69, 9.17) is 0 Å². The Kier molecular flexibility index (Phi) is 4.33. The Morgan fingerprint density at radius 3 is 2.50 bits per heavy atom. The molecule has 0 radical (unpaired) electrons. The molecule has 94 valence electrons. The first-order valence-electron chi connectivity index (χ1n) is 5.96. The maximum Gasteiger partial charge on any atom is 0.224 e. The Balaban J connectivity index is 2.59. The van der Waals surface area contributed by atoms with E-state index < -0.39 is 0 Å². The van der Waals surface area contributed by atoms with Gasteiger partial charge >= 0.3 is 0 Å². The van der Waals surface area contributed by atoms with Crippen LogP contribution in [0.1, 0.15) is 20.3 Å². The van der Waals surface area contributed by atoms with Crippen molar-refractivity contribution in [1.29, 1.82) is 0 Å². The fourth-order valence-electron chi connectivity index (χ4n) is 1.87. The van der Waals surface area contributed by atoms with Gasteiger partial charge < -0.3 is 9.80 Å². The molecule has 0 N–H and O–H groups in total. The predicted molar refractivity (Wildman–Crippen MR) is 66.5 cm³/mol. The largest absolute Gasteiger partial charge is 0.340 e. The summed E-state index contributed by atoms with van der Waals surface area (Å²) in [5, 5.41) is 0. The topological polar surface area (TPSA) is 26.8 Å². The second-order valence-corrected chi connectivity index (χ2v) is 5.59. The number of hydrogen-bond donors (Lipinski definition) is 0. The predicted octanol–water partition coefficient (Wildman–Crippen LogP) is 0.491. The van der Waals surface area contributed by atoms with Gasteiger partial charge in [0.2, 0.25) is 5.91 Å². The minimum absolute atomic E-state index is 0.00997. The van der Waals surface area contributed by atoms with Crippen LogP contribution in [0.25, 0.3) is 0 Å². The molecule has 1 heterocycles. The number of nitrogens with zero attached hydrogens (tertiary/aromatic N) is 3. The quantitative estimate of drug-likeness (QED) is 0.702. The molecule has 1 fully saturated rings. The molecule has 0 aromatic carbocycles. The minimum Gasteiger partial charge on any atom is -0.340 e. The molecular weight excluding hydrogens is 202 g/mol. The summed E-state index contributed by atoms with van der Waals surface area (Å²) in [7, 11) is 6.18. The first-order valence-corrected chi connectivity index (χ1v) is 5.96. The van der Waals surface area contributed by atoms with Crippen LogP contribution in [0.5, 0.6) is 0 Å². The lowest BCUT2D eigenvalue weighted by Gasteiger charge is -2.32. The van der Waals surface area contributed by atoms with Crippen LogP contribution in [0.3, 0.4) is 0 Å². The zero-order chi connectivity index (χ0) is 12.3. The van der Waals surface area contributed by atoms with Gasteiger partial charge in [0, 0.05) is 38.1 Å². The van der Waals surface area contributed by atoms with Gasteiger partial charge in [0.05, 0.1) is 0 Å². The fraction of sp³-hybridized carbons (Fsp3) is 0.917. The second-order valence-electron chi connectivity index (χ2n) is 5.59. The molecule has 1 aliphatic heterocycles. The summed E-state index contributed by atoms with van der Waals surface area (Å²) in [6, 6.07) is 0. The number of amides is 1. The highest BCUT2D eigenvalue weighted by Gasteiger charge is 2.32. The molecule has 0 aromatic rings. The molecule has 4 nitrogen and oxygen atoms in total. The smallest absolute Gasteiger partial charge is 0.224 e. The standard InChI is InChI=1S/C12H25N3O/c1-12(2)10-11(16)15(8-6-13(3)4)9-7-14(12)5/h6-10H2,1-5H3. The highest BCUT2D eigenvalue weighted by molar-refractivity contribution is 5.77. The van der Waals surface area contributed by atoms with Crippen molar-refractivity contribution < 1.29 is 4.79 Å². The average Bonchev–Trinajstić information content (AvgIpc) is 2.23. The van der Waals surface area contributed by atoms with E-state index in [2.05, 4.69) is 30.7 Å². The van der Waals surface area contributed by atoms with E-state index in [1.165, 1.54) is 0 Å². The minimum atomic E-state index is -0.00997. The van der Waals surface area contributed by atoms with E-state index in [9.17, 15) is 4.79 Å². The highest BCUT2D eigenvalue weighted by atomic mass is 16.2. The summed E-state index contributed by atoms with van der Waals surface area (Å²) < 4.78 is 0. The van der Waals surface area contributed by atoms with E-state index >= 15 is 0 Å². The lowest BCUT2D eigenvalue weighted by molar-refractivity contribution is -0.131. The van der Waals surface area contributed by atoms with Gasteiger partial charge in [0.25, 0.3) is 0 Å². The lowest BCUT2D eigenvalue weighted by Crippen LogP contribution is -2.41. The summed E-state index contributed by atoms with van der Waals surface area (Å²) in [6.07, 6.45) is 0.622. The van der Waals surface area contributed by atoms with Crippen LogP contribution in [0.15, 0.2) is 0 Å². The highest BCUT2D eigenvalue weighted by Crippen LogP contribution is 2.21. The van der Waals surface area contributed by atoms with E-state index in [0.29, 0.717) is 6.42 Å². The normalized spacial score (nSPS) is 22.6. The van der Waals surface area contributed by atoms with E-state index in [0.717, 1.165) is 26.2 Å². The second kappa shape index (κ2) is 5.15. The molecular formula is C12H25N3O. The summed E-state index contributed by atoms with van der Waals surface area (Å²) >= 11 is 0. The van der Waals surface area contributed by atoms with Crippen molar-refractivity contribution in [3.63, 3.8) is 0 Å². The van der Waals surface area contributed by atoms with E-state index in [1.807, 2.05) is 19.0 Å². The molecule has 1 amide bonds. The number of likely N-dealkylation sites (N-methyl/N-ethyl adjacent to an activating group) is 2. The van der Waals surface area contributed by atoms with Gasteiger partial charge in [-0.2, -0.15) is 0 Å². The summed E-state index contributed by atoms with van der Waals surface area (Å²) in [6.45, 7) is 7.88. The Morgan fingerprint density at radius 2 is 1.94 bits per heavy atom. The average molecular weight is 227 g/mol. The van der Waals surface area contributed by atoms with Gasteiger partial charge in [-0.15, -0.1) is 0 Å². The van der Waals surface area contributed by atoms with Crippen molar-refractivity contribution >= 4 is 5.91 Å². The third kappa shape index (κ3) is 3.46. The molecule has 1 saturated heterocycles. The third-order valence-electron chi connectivity index (χ3n) is 3.49. The van der Waals surface area contributed by atoms with Crippen LogP contribution in [0, 0.1) is 0 Å². The summed E-state index contributed by atoms with van der Waals surface area (Å²) in [5.74, 6) is 0.288. The van der Waals surface area contributed by atoms with Crippen molar-refractivity contribution in [2.24, 2.45) is 0 Å². The molecule has 0 aromatic heterocycles. The van der Waals surface area contributed by atoms with Crippen molar-refractivity contribution in [3.05, 3.63) is 0 Å². The Labute approximate surface area is 99.2 Å². The fourth-order valence-corrected chi connectivity index (χ4v) is 1.87. The molecule has 0 bridgehead atoms. The van der Waals surface area contributed by atoms with Crippen LogP contribution in [-0.2, 0) is 4.79 Å². The number of hydrogen-bond acceptors (Lipinski definition) is 3. The van der Waals surface area contributed by atoms with Gasteiger partial charge in [-0.1, -0.05) is 0 Å². The summed E-state index contributed by atoms with van der Waals surface area (Å²) in [4.78, 5) is 18.5. The van der Waals surface area contributed by atoms with Crippen LogP contribution < -0.4 is 0 Å². The molecule has 16 heavy (non-hydrogen) atoms. The Morgan fingerprint density at radius 1 is 1.31 bits per heavy atom. The van der Waals surface area contributed by atoms with Gasteiger partial charge in [0.1, 0.15) is 0 Å². The van der Waals surface area contributed by atoms with Gasteiger partial charge in [0.15, 0.2) is 0 Å². The molecule has 1 rings (SSSR count). The van der Waals surface area contributed by atoms with Crippen molar-refractivity contribution in [2.45, 2.75) is 25.8 Å². The van der Waals surface area contributed by atoms with Gasteiger partial charge in [-0.3, -0.25) is 9.69 Å². The zero-order valence-electron chi connectivity index (χ0n) is 11.3. The molecule has 4 heteroatoms. The maximum absolute atomic E-state index is 12.1. The van der Waals surface area contributed by atoms with Crippen LogP contribution in [0.2, 0.25) is 0 Å². The Bertz CT molecular complexity index is 251. The van der Waals surface area contributed by atoms with Crippen molar-refractivity contribution in [2.75, 3.05) is 47.3 Å². The molecule has 0 spiro atoms.